The minimum atomic E-state index is -0.492. The summed E-state index contributed by atoms with van der Waals surface area (Å²) >= 11 is 7.11. The quantitative estimate of drug-likeness (QED) is 0.690. The number of anilines is 2. The highest BCUT2D eigenvalue weighted by Crippen LogP contribution is 2.41. The molecule has 8 nitrogen and oxygen atoms in total. The number of fused-ring (bicyclic) bond motifs is 3. The van der Waals surface area contributed by atoms with Crippen LogP contribution >= 0.6 is 22.9 Å². The molecule has 4 heterocycles. The first-order valence-electron chi connectivity index (χ1n) is 10.8. The summed E-state index contributed by atoms with van der Waals surface area (Å²) in [6.07, 6.45) is 1.40. The summed E-state index contributed by atoms with van der Waals surface area (Å²) in [5.41, 5.74) is 1.80. The first-order chi connectivity index (χ1) is 15.5. The maximum Gasteiger partial charge on any atom is 0.415 e. The predicted octanol–water partition coefficient (Wildman–Crippen LogP) is 3.11. The zero-order valence-corrected chi connectivity index (χ0v) is 19.2. The van der Waals surface area contributed by atoms with E-state index in [1.54, 1.807) is 17.0 Å². The second-order valence-electron chi connectivity index (χ2n) is 8.21. The van der Waals surface area contributed by atoms with Crippen molar-refractivity contribution in [2.24, 2.45) is 0 Å². The molecule has 3 aliphatic heterocycles. The van der Waals surface area contributed by atoms with Crippen molar-refractivity contribution in [1.29, 1.82) is 0 Å². The van der Waals surface area contributed by atoms with Crippen LogP contribution in [0.2, 0.25) is 4.34 Å². The third-order valence-corrected chi connectivity index (χ3v) is 7.51. The Morgan fingerprint density at radius 1 is 1.31 bits per heavy atom. The van der Waals surface area contributed by atoms with E-state index in [-0.39, 0.29) is 18.5 Å². The van der Waals surface area contributed by atoms with Gasteiger partial charge in [-0.3, -0.25) is 9.69 Å². The van der Waals surface area contributed by atoms with Crippen molar-refractivity contribution in [1.82, 2.24) is 10.6 Å². The van der Waals surface area contributed by atoms with Crippen molar-refractivity contribution in [2.75, 3.05) is 43.1 Å². The molecule has 2 N–H and O–H groups in total. The Bertz CT molecular complexity index is 1030. The number of hydrogen-bond acceptors (Lipinski definition) is 7. The average Bonchev–Trinajstić information content (AvgIpc) is 3.40. The summed E-state index contributed by atoms with van der Waals surface area (Å²) in [6, 6.07) is 9.50. The lowest BCUT2D eigenvalue weighted by atomic mass is 10.0. The number of piperidine rings is 1. The van der Waals surface area contributed by atoms with Crippen molar-refractivity contribution in [3.63, 3.8) is 0 Å². The van der Waals surface area contributed by atoms with Crippen LogP contribution in [0, 0.1) is 0 Å². The second-order valence-corrected chi connectivity index (χ2v) is 9.93. The summed E-state index contributed by atoms with van der Waals surface area (Å²) in [7, 11) is 2.00. The number of benzene rings is 1. The molecule has 2 fully saturated rings. The van der Waals surface area contributed by atoms with Gasteiger partial charge in [-0.15, -0.1) is 11.3 Å². The molecule has 2 amide bonds. The number of carbonyl (C=O) groups excluding carboxylic acids is 2. The molecular formula is C22H25ClN4O4S. The Balaban J connectivity index is 1.28. The maximum absolute atomic E-state index is 12.7. The van der Waals surface area contributed by atoms with E-state index >= 15 is 0 Å². The number of thiophene rings is 1. The molecule has 2 aromatic rings. The van der Waals surface area contributed by atoms with Crippen LogP contribution < -0.4 is 25.2 Å². The summed E-state index contributed by atoms with van der Waals surface area (Å²) in [5.74, 6) is 0.444. The lowest BCUT2D eigenvalue weighted by Gasteiger charge is -2.36. The Kier molecular flexibility index (Phi) is 5.88. The molecule has 0 spiro atoms. The lowest BCUT2D eigenvalue weighted by molar-refractivity contribution is 0.0890. The van der Waals surface area contributed by atoms with Gasteiger partial charge in [0, 0.05) is 30.9 Å². The van der Waals surface area contributed by atoms with Crippen LogP contribution in [0.1, 0.15) is 22.5 Å². The zero-order chi connectivity index (χ0) is 22.2. The molecule has 0 bridgehead atoms. The van der Waals surface area contributed by atoms with Crippen LogP contribution in [0.4, 0.5) is 16.2 Å². The smallest absolute Gasteiger partial charge is 0.415 e. The fourth-order valence-corrected chi connectivity index (χ4v) is 5.52. The average molecular weight is 477 g/mol. The third-order valence-electron chi connectivity index (χ3n) is 6.28. The molecule has 170 valence electrons. The third kappa shape index (κ3) is 4.00. The summed E-state index contributed by atoms with van der Waals surface area (Å²) in [6.45, 7) is 2.47. The van der Waals surface area contributed by atoms with Crippen molar-refractivity contribution in [3.05, 3.63) is 39.5 Å². The van der Waals surface area contributed by atoms with Gasteiger partial charge in [0.05, 0.1) is 21.4 Å². The number of likely N-dealkylation sites (N-methyl/N-ethyl adjacent to an activating group) is 1. The molecule has 0 unspecified atom stereocenters. The van der Waals surface area contributed by atoms with Crippen LogP contribution in [0.3, 0.4) is 0 Å². The Labute approximate surface area is 195 Å². The van der Waals surface area contributed by atoms with Gasteiger partial charge in [0.15, 0.2) is 0 Å². The highest BCUT2D eigenvalue weighted by molar-refractivity contribution is 7.18. The van der Waals surface area contributed by atoms with Gasteiger partial charge in [-0.25, -0.2) is 4.79 Å². The lowest BCUT2D eigenvalue weighted by Crippen LogP contribution is -2.48. The van der Waals surface area contributed by atoms with Crippen LogP contribution in [-0.2, 0) is 4.74 Å². The van der Waals surface area contributed by atoms with Gasteiger partial charge in [-0.05, 0) is 44.2 Å². The number of cyclic esters (lactones) is 1. The van der Waals surface area contributed by atoms with Crippen molar-refractivity contribution in [2.45, 2.75) is 31.0 Å². The summed E-state index contributed by atoms with van der Waals surface area (Å²) in [5, 5.41) is 6.19. The Morgan fingerprint density at radius 3 is 2.97 bits per heavy atom. The molecular weight excluding hydrogens is 452 g/mol. The fourth-order valence-electron chi connectivity index (χ4n) is 4.56. The number of amides is 2. The van der Waals surface area contributed by atoms with E-state index in [1.165, 1.54) is 17.8 Å². The highest BCUT2D eigenvalue weighted by Gasteiger charge is 2.46. The Hall–Kier alpha value is -2.49. The van der Waals surface area contributed by atoms with E-state index in [0.29, 0.717) is 33.3 Å². The first-order valence-corrected chi connectivity index (χ1v) is 12.0. The molecule has 5 rings (SSSR count). The van der Waals surface area contributed by atoms with E-state index in [0.717, 1.165) is 25.2 Å². The molecule has 0 aliphatic carbocycles. The predicted molar refractivity (Wildman–Crippen MR) is 124 cm³/mol. The number of hydrogen-bond donors (Lipinski definition) is 2. The summed E-state index contributed by atoms with van der Waals surface area (Å²) < 4.78 is 12.2. The molecule has 32 heavy (non-hydrogen) atoms. The number of ether oxygens (including phenoxy) is 2. The van der Waals surface area contributed by atoms with Gasteiger partial charge < -0.3 is 25.0 Å². The number of rotatable bonds is 5. The minimum Gasteiger partial charge on any atom is -0.489 e. The number of nitrogens with one attached hydrogen (secondary N) is 2. The van der Waals surface area contributed by atoms with Gasteiger partial charge in [-0.1, -0.05) is 11.6 Å². The monoisotopic (exact) mass is 476 g/mol. The normalized spacial score (nSPS) is 24.4. The van der Waals surface area contributed by atoms with Gasteiger partial charge in [0.2, 0.25) is 0 Å². The van der Waals surface area contributed by atoms with Gasteiger partial charge in [0.25, 0.3) is 5.91 Å². The standard InChI is InChI=1S/C22H25ClN4O4S/c1-24-13-3-2-8-26(11-13)14-4-5-15-17(9-14)30-12-16-18(31-22(29)27(15)16)10-25-21(28)19-6-7-20(23)32-19/h4-7,9,13,16,18,24H,2-3,8,10-12H2,1H3,(H,25,28)/t13-,16+,18+/m1/s1. The molecule has 1 aromatic carbocycles. The van der Waals surface area contributed by atoms with E-state index in [2.05, 4.69) is 15.5 Å². The Morgan fingerprint density at radius 2 is 2.19 bits per heavy atom. The zero-order valence-electron chi connectivity index (χ0n) is 17.7. The van der Waals surface area contributed by atoms with Crippen LogP contribution in [-0.4, -0.2) is 63.5 Å². The number of nitrogens with zero attached hydrogens (tertiary/aromatic N) is 2. The largest absolute Gasteiger partial charge is 0.489 e. The minimum absolute atomic E-state index is 0.206. The van der Waals surface area contributed by atoms with Crippen molar-refractivity contribution >= 4 is 46.3 Å². The molecule has 3 aliphatic rings. The molecule has 0 saturated carbocycles. The number of carbonyl (C=O) groups is 2. The van der Waals surface area contributed by atoms with Gasteiger partial charge in [0.1, 0.15) is 24.5 Å². The highest BCUT2D eigenvalue weighted by atomic mass is 35.5. The van der Waals surface area contributed by atoms with Gasteiger partial charge >= 0.3 is 6.09 Å². The molecule has 2 saturated heterocycles. The van der Waals surface area contributed by atoms with Gasteiger partial charge in [-0.2, -0.15) is 0 Å². The van der Waals surface area contributed by atoms with Crippen molar-refractivity contribution in [3.8, 4) is 5.75 Å². The molecule has 1 aromatic heterocycles. The molecule has 3 atom stereocenters. The number of halogens is 1. The van der Waals surface area contributed by atoms with Crippen molar-refractivity contribution < 1.29 is 19.1 Å². The van der Waals surface area contributed by atoms with E-state index < -0.39 is 12.2 Å². The van der Waals surface area contributed by atoms with Crippen LogP contribution in [0.15, 0.2) is 30.3 Å². The van der Waals surface area contributed by atoms with Crippen LogP contribution in [0.5, 0.6) is 5.75 Å². The fraction of sp³-hybridized carbons (Fsp3) is 0.455. The topological polar surface area (TPSA) is 83.1 Å². The van der Waals surface area contributed by atoms with E-state index in [4.69, 9.17) is 21.1 Å². The SMILES string of the molecule is CN[C@@H]1CCCN(c2ccc3c(c2)OC[C@H]2[C@H](CNC(=O)c4ccc(Cl)s4)OC(=O)N32)C1. The summed E-state index contributed by atoms with van der Waals surface area (Å²) in [4.78, 5) is 29.5. The first kappa shape index (κ1) is 21.4. The maximum atomic E-state index is 12.7. The molecule has 0 radical (unpaired) electrons. The molecule has 10 heteroatoms. The van der Waals surface area contributed by atoms with Crippen LogP contribution in [0.25, 0.3) is 0 Å². The van der Waals surface area contributed by atoms with E-state index in [1.807, 2.05) is 25.2 Å². The second kappa shape index (κ2) is 8.80. The van der Waals surface area contributed by atoms with E-state index in [9.17, 15) is 9.59 Å².